The molecule has 0 aliphatic rings. The minimum absolute atomic E-state index is 0.347. The Kier molecular flexibility index (Phi) is 5.27. The lowest BCUT2D eigenvalue weighted by Gasteiger charge is -2.08. The van der Waals surface area contributed by atoms with Gasteiger partial charge in [-0.05, 0) is 13.8 Å². The van der Waals surface area contributed by atoms with Crippen LogP contribution in [0.4, 0.5) is 0 Å². The zero-order valence-electron chi connectivity index (χ0n) is 9.30. The minimum Gasteiger partial charge on any atom is -0.465 e. The van der Waals surface area contributed by atoms with Crippen LogP contribution in [0.2, 0.25) is 0 Å². The predicted molar refractivity (Wildman–Crippen MR) is 59.8 cm³/mol. The second kappa shape index (κ2) is 6.49. The number of aromatic nitrogens is 2. The van der Waals surface area contributed by atoms with Crippen molar-refractivity contribution in [1.82, 2.24) is 10.1 Å². The number of nitrogens with two attached hydrogens (primary N) is 1. The van der Waals surface area contributed by atoms with E-state index >= 15 is 0 Å². The van der Waals surface area contributed by atoms with E-state index in [-0.39, 0.29) is 5.97 Å². The van der Waals surface area contributed by atoms with Crippen molar-refractivity contribution in [3.63, 3.8) is 0 Å². The van der Waals surface area contributed by atoms with Crippen molar-refractivity contribution in [1.29, 1.82) is 0 Å². The molecule has 1 rings (SSSR count). The maximum atomic E-state index is 11.2. The first-order chi connectivity index (χ1) is 7.63. The molecule has 0 radical (unpaired) electrons. The summed E-state index contributed by atoms with van der Waals surface area (Å²) in [6.07, 6.45) is 0. The van der Waals surface area contributed by atoms with Crippen molar-refractivity contribution < 1.29 is 14.1 Å². The fourth-order valence-corrected chi connectivity index (χ4v) is 1.79. The lowest BCUT2D eigenvalue weighted by atomic mass is 10.4. The van der Waals surface area contributed by atoms with E-state index in [2.05, 4.69) is 10.1 Å². The van der Waals surface area contributed by atoms with Gasteiger partial charge in [0.25, 0.3) is 0 Å². The molecule has 1 heterocycles. The number of ether oxygens (including phenoxy) is 1. The van der Waals surface area contributed by atoms with Crippen molar-refractivity contribution in [3.8, 4) is 0 Å². The van der Waals surface area contributed by atoms with Gasteiger partial charge in [0.15, 0.2) is 5.82 Å². The van der Waals surface area contributed by atoms with E-state index in [4.69, 9.17) is 15.0 Å². The summed E-state index contributed by atoms with van der Waals surface area (Å²) in [6, 6.07) is -0.603. The number of carbonyl (C=O) groups is 1. The predicted octanol–water partition coefficient (Wildman–Crippen LogP) is 0.502. The van der Waals surface area contributed by atoms with Gasteiger partial charge < -0.3 is 15.0 Å². The highest BCUT2D eigenvalue weighted by molar-refractivity contribution is 7.98. The Labute approximate surface area is 97.9 Å². The molecule has 1 aromatic rings. The topological polar surface area (TPSA) is 91.2 Å². The molecule has 0 spiro atoms. The number of esters is 1. The number of hydrogen-bond acceptors (Lipinski definition) is 7. The van der Waals surface area contributed by atoms with E-state index in [0.29, 0.717) is 29.8 Å². The molecule has 0 bridgehead atoms. The summed E-state index contributed by atoms with van der Waals surface area (Å²) in [7, 11) is 0. The first-order valence-corrected chi connectivity index (χ1v) is 6.08. The lowest BCUT2D eigenvalue weighted by Crippen LogP contribution is -2.34. The highest BCUT2D eigenvalue weighted by atomic mass is 32.2. The van der Waals surface area contributed by atoms with Gasteiger partial charge >= 0.3 is 5.97 Å². The summed E-state index contributed by atoms with van der Waals surface area (Å²) >= 11 is 1.46. The Hall–Kier alpha value is -1.08. The summed E-state index contributed by atoms with van der Waals surface area (Å²) < 4.78 is 9.70. The summed E-state index contributed by atoms with van der Waals surface area (Å²) in [6.45, 7) is 3.85. The van der Waals surface area contributed by atoms with E-state index in [1.165, 1.54) is 11.8 Å². The van der Waals surface area contributed by atoms with Crippen LogP contribution < -0.4 is 5.73 Å². The van der Waals surface area contributed by atoms with Crippen LogP contribution in [0.3, 0.4) is 0 Å². The number of nitrogens with zero attached hydrogens (tertiary/aromatic N) is 2. The molecule has 0 aromatic carbocycles. The van der Waals surface area contributed by atoms with Crippen LogP contribution in [-0.4, -0.2) is 34.5 Å². The van der Waals surface area contributed by atoms with Crippen molar-refractivity contribution in [2.24, 2.45) is 5.73 Å². The SMILES string of the molecule is CCOC(=O)C(N)CSCc1nc(C)no1. The summed E-state index contributed by atoms with van der Waals surface area (Å²) in [4.78, 5) is 15.2. The second-order valence-electron chi connectivity index (χ2n) is 3.11. The van der Waals surface area contributed by atoms with Crippen molar-refractivity contribution in [3.05, 3.63) is 11.7 Å². The third kappa shape index (κ3) is 4.19. The second-order valence-corrected chi connectivity index (χ2v) is 4.14. The molecule has 1 aromatic heterocycles. The molecule has 7 heteroatoms. The van der Waals surface area contributed by atoms with E-state index < -0.39 is 6.04 Å². The molecule has 0 aliphatic carbocycles. The van der Waals surface area contributed by atoms with Gasteiger partial charge in [0, 0.05) is 5.75 Å². The lowest BCUT2D eigenvalue weighted by molar-refractivity contribution is -0.144. The van der Waals surface area contributed by atoms with Gasteiger partial charge in [-0.15, -0.1) is 11.8 Å². The van der Waals surface area contributed by atoms with E-state index in [9.17, 15) is 4.79 Å². The summed E-state index contributed by atoms with van der Waals surface area (Å²) in [5, 5.41) is 3.66. The average molecular weight is 245 g/mol. The molecule has 0 fully saturated rings. The fourth-order valence-electron chi connectivity index (χ4n) is 0.989. The van der Waals surface area contributed by atoms with E-state index in [1.807, 2.05) is 0 Å². The van der Waals surface area contributed by atoms with Crippen LogP contribution in [0.5, 0.6) is 0 Å². The number of aryl methyl sites for hydroxylation is 1. The number of rotatable bonds is 6. The first-order valence-electron chi connectivity index (χ1n) is 4.92. The number of carbonyl (C=O) groups excluding carboxylic acids is 1. The van der Waals surface area contributed by atoms with Crippen molar-refractivity contribution in [2.75, 3.05) is 12.4 Å². The van der Waals surface area contributed by atoms with E-state index in [0.717, 1.165) is 0 Å². The van der Waals surface area contributed by atoms with Crippen LogP contribution in [0.1, 0.15) is 18.6 Å². The Morgan fingerprint density at radius 2 is 2.44 bits per heavy atom. The molecule has 0 saturated carbocycles. The van der Waals surface area contributed by atoms with Gasteiger partial charge in [-0.2, -0.15) is 4.98 Å². The normalized spacial score (nSPS) is 12.4. The monoisotopic (exact) mass is 245 g/mol. The van der Waals surface area contributed by atoms with Gasteiger partial charge in [0.2, 0.25) is 5.89 Å². The first kappa shape index (κ1) is 13.0. The zero-order chi connectivity index (χ0) is 12.0. The number of hydrogen-bond donors (Lipinski definition) is 1. The Bertz CT molecular complexity index is 342. The quantitative estimate of drug-likeness (QED) is 0.730. The average Bonchev–Trinajstić information content (AvgIpc) is 2.64. The Morgan fingerprint density at radius 1 is 1.69 bits per heavy atom. The molecular formula is C9H15N3O3S. The third-order valence-electron chi connectivity index (χ3n) is 1.68. The molecule has 1 atom stereocenters. The van der Waals surface area contributed by atoms with Crippen LogP contribution in [0.25, 0.3) is 0 Å². The zero-order valence-corrected chi connectivity index (χ0v) is 10.1. The fraction of sp³-hybridized carbons (Fsp3) is 0.667. The van der Waals surface area contributed by atoms with Gasteiger partial charge in [-0.25, -0.2) is 0 Å². The summed E-state index contributed by atoms with van der Waals surface area (Å²) in [5.74, 6) is 1.79. The van der Waals surface area contributed by atoms with Crippen LogP contribution >= 0.6 is 11.8 Å². The van der Waals surface area contributed by atoms with Gasteiger partial charge in [0.1, 0.15) is 6.04 Å². The van der Waals surface area contributed by atoms with Crippen LogP contribution in [0, 0.1) is 6.92 Å². The molecule has 0 amide bonds. The minimum atomic E-state index is -0.603. The van der Waals surface area contributed by atoms with Crippen molar-refractivity contribution in [2.45, 2.75) is 25.6 Å². The number of thioether (sulfide) groups is 1. The summed E-state index contributed by atoms with van der Waals surface area (Å²) in [5.41, 5.74) is 5.61. The Morgan fingerprint density at radius 3 is 3.00 bits per heavy atom. The van der Waals surface area contributed by atoms with E-state index in [1.54, 1.807) is 13.8 Å². The Balaban J connectivity index is 2.22. The molecular weight excluding hydrogens is 230 g/mol. The molecule has 16 heavy (non-hydrogen) atoms. The van der Waals surface area contributed by atoms with Gasteiger partial charge in [0.05, 0.1) is 12.4 Å². The van der Waals surface area contributed by atoms with Crippen LogP contribution in [-0.2, 0) is 15.3 Å². The van der Waals surface area contributed by atoms with Crippen molar-refractivity contribution >= 4 is 17.7 Å². The molecule has 0 saturated heterocycles. The highest BCUT2D eigenvalue weighted by Crippen LogP contribution is 2.11. The maximum absolute atomic E-state index is 11.2. The molecule has 6 nitrogen and oxygen atoms in total. The molecule has 0 aliphatic heterocycles. The highest BCUT2D eigenvalue weighted by Gasteiger charge is 2.14. The van der Waals surface area contributed by atoms with Crippen LogP contribution in [0.15, 0.2) is 4.52 Å². The maximum Gasteiger partial charge on any atom is 0.323 e. The van der Waals surface area contributed by atoms with Gasteiger partial charge in [-0.3, -0.25) is 4.79 Å². The standard InChI is InChI=1S/C9H15N3O3S/c1-3-14-9(13)7(10)4-16-5-8-11-6(2)12-15-8/h7H,3-5,10H2,1-2H3. The third-order valence-corrected chi connectivity index (χ3v) is 2.73. The van der Waals surface area contributed by atoms with Gasteiger partial charge in [-0.1, -0.05) is 5.16 Å². The largest absolute Gasteiger partial charge is 0.465 e. The molecule has 90 valence electrons. The smallest absolute Gasteiger partial charge is 0.323 e. The molecule has 2 N–H and O–H groups in total. The molecule has 1 unspecified atom stereocenters.